The van der Waals surface area contributed by atoms with Gasteiger partial charge in [0.05, 0.1) is 12.3 Å². The van der Waals surface area contributed by atoms with Crippen LogP contribution in [0.1, 0.15) is 40.0 Å². The summed E-state index contributed by atoms with van der Waals surface area (Å²) in [5.41, 5.74) is 0. The van der Waals surface area contributed by atoms with Crippen molar-refractivity contribution in [2.24, 2.45) is 0 Å². The van der Waals surface area contributed by atoms with E-state index in [0.717, 1.165) is 19.4 Å². The fourth-order valence-corrected chi connectivity index (χ4v) is 3.16. The molecule has 0 heterocycles. The largest absolute Gasteiger partial charge is 0.315 e. The highest BCUT2D eigenvalue weighted by atomic mass is 32.2. The van der Waals surface area contributed by atoms with Gasteiger partial charge in [0, 0.05) is 12.6 Å². The lowest BCUT2D eigenvalue weighted by Crippen LogP contribution is -2.34. The van der Waals surface area contributed by atoms with Gasteiger partial charge in [0.25, 0.3) is 0 Å². The molecule has 0 unspecified atom stereocenters. The molecule has 18 heavy (non-hydrogen) atoms. The Morgan fingerprint density at radius 2 is 2.00 bits per heavy atom. The first kappa shape index (κ1) is 17.4. The summed E-state index contributed by atoms with van der Waals surface area (Å²) in [7, 11) is -3.18. The van der Waals surface area contributed by atoms with Crippen molar-refractivity contribution in [3.63, 3.8) is 0 Å². The smallest absolute Gasteiger partial charge is 0.214 e. The standard InChI is InChI=1S/C13H26N2O2S/c1-5-10-15(11-6-2)18(16,17)12-8-7-9-14-13(3)4/h1,13-14H,6-12H2,2-4H3. The number of hydrogen-bond donors (Lipinski definition) is 1. The summed E-state index contributed by atoms with van der Waals surface area (Å²) < 4.78 is 25.4. The lowest BCUT2D eigenvalue weighted by Gasteiger charge is -2.19. The minimum Gasteiger partial charge on any atom is -0.315 e. The fraction of sp³-hybridized carbons (Fsp3) is 0.846. The van der Waals surface area contributed by atoms with Gasteiger partial charge in [-0.15, -0.1) is 6.42 Å². The monoisotopic (exact) mass is 274 g/mol. The molecule has 0 aromatic heterocycles. The zero-order valence-corrected chi connectivity index (χ0v) is 12.6. The summed E-state index contributed by atoms with van der Waals surface area (Å²) in [5.74, 6) is 2.60. The Bertz CT molecular complexity index is 344. The first-order valence-corrected chi connectivity index (χ1v) is 8.19. The Morgan fingerprint density at radius 3 is 2.50 bits per heavy atom. The number of nitrogens with one attached hydrogen (secondary N) is 1. The van der Waals surface area contributed by atoms with Crippen LogP contribution >= 0.6 is 0 Å². The van der Waals surface area contributed by atoms with Gasteiger partial charge in [-0.05, 0) is 25.8 Å². The predicted molar refractivity (Wildman–Crippen MR) is 76.9 cm³/mol. The SMILES string of the molecule is C#CCN(CCC)S(=O)(=O)CCCCNC(C)C. The fourth-order valence-electron chi connectivity index (χ4n) is 1.60. The zero-order chi connectivity index (χ0) is 14.0. The van der Waals surface area contributed by atoms with E-state index >= 15 is 0 Å². The summed E-state index contributed by atoms with van der Waals surface area (Å²) >= 11 is 0. The van der Waals surface area contributed by atoms with Crippen molar-refractivity contribution in [1.29, 1.82) is 0 Å². The molecule has 0 radical (unpaired) electrons. The number of hydrogen-bond acceptors (Lipinski definition) is 3. The molecular weight excluding hydrogens is 248 g/mol. The second-order valence-corrected chi connectivity index (χ2v) is 6.76. The summed E-state index contributed by atoms with van der Waals surface area (Å²) in [6.07, 6.45) is 7.53. The van der Waals surface area contributed by atoms with Gasteiger partial charge in [-0.2, -0.15) is 4.31 Å². The quantitative estimate of drug-likeness (QED) is 0.484. The number of terminal acetylenes is 1. The van der Waals surface area contributed by atoms with Gasteiger partial charge in [0.15, 0.2) is 0 Å². The van der Waals surface area contributed by atoms with E-state index in [-0.39, 0.29) is 12.3 Å². The molecule has 0 atom stereocenters. The van der Waals surface area contributed by atoms with E-state index in [4.69, 9.17) is 6.42 Å². The Labute approximate surface area is 112 Å². The second-order valence-electron chi connectivity index (χ2n) is 4.67. The molecule has 0 aromatic carbocycles. The van der Waals surface area contributed by atoms with E-state index < -0.39 is 10.0 Å². The molecule has 0 bridgehead atoms. The maximum Gasteiger partial charge on any atom is 0.214 e. The topological polar surface area (TPSA) is 49.4 Å². The molecule has 0 rings (SSSR count). The van der Waals surface area contributed by atoms with Gasteiger partial charge in [-0.1, -0.05) is 26.7 Å². The molecule has 0 aliphatic carbocycles. The minimum absolute atomic E-state index is 0.181. The maximum absolute atomic E-state index is 12.0. The normalized spacial score (nSPS) is 12.0. The third-order valence-corrected chi connectivity index (χ3v) is 4.42. The highest BCUT2D eigenvalue weighted by Crippen LogP contribution is 2.05. The summed E-state index contributed by atoms with van der Waals surface area (Å²) in [4.78, 5) is 0. The van der Waals surface area contributed by atoms with Crippen molar-refractivity contribution < 1.29 is 8.42 Å². The van der Waals surface area contributed by atoms with E-state index in [2.05, 4.69) is 25.1 Å². The van der Waals surface area contributed by atoms with Crippen LogP contribution in [0.25, 0.3) is 0 Å². The van der Waals surface area contributed by atoms with Crippen LogP contribution in [0, 0.1) is 12.3 Å². The zero-order valence-electron chi connectivity index (χ0n) is 11.8. The highest BCUT2D eigenvalue weighted by molar-refractivity contribution is 7.89. The molecule has 0 aliphatic rings. The second kappa shape index (κ2) is 9.37. The van der Waals surface area contributed by atoms with Crippen molar-refractivity contribution in [3.05, 3.63) is 0 Å². The van der Waals surface area contributed by atoms with Crippen molar-refractivity contribution in [1.82, 2.24) is 9.62 Å². The summed E-state index contributed by atoms with van der Waals surface area (Å²) in [6.45, 7) is 7.65. The van der Waals surface area contributed by atoms with Crippen molar-refractivity contribution in [2.75, 3.05) is 25.4 Å². The Morgan fingerprint density at radius 1 is 1.33 bits per heavy atom. The molecule has 0 spiro atoms. The summed E-state index contributed by atoms with van der Waals surface area (Å²) in [6, 6.07) is 0.444. The molecule has 0 fully saturated rings. The number of nitrogens with zero attached hydrogens (tertiary/aromatic N) is 1. The van der Waals surface area contributed by atoms with Crippen molar-refractivity contribution >= 4 is 10.0 Å². The molecule has 0 aliphatic heterocycles. The molecule has 0 amide bonds. The van der Waals surface area contributed by atoms with E-state index in [9.17, 15) is 8.42 Å². The van der Waals surface area contributed by atoms with Gasteiger partial charge >= 0.3 is 0 Å². The number of unbranched alkanes of at least 4 members (excludes halogenated alkanes) is 1. The van der Waals surface area contributed by atoms with E-state index in [1.54, 1.807) is 0 Å². The first-order valence-electron chi connectivity index (χ1n) is 6.58. The van der Waals surface area contributed by atoms with Gasteiger partial charge in [0.1, 0.15) is 0 Å². The molecule has 1 N–H and O–H groups in total. The number of sulfonamides is 1. The molecule has 4 nitrogen and oxygen atoms in total. The molecular formula is C13H26N2O2S. The Balaban J connectivity index is 4.08. The maximum atomic E-state index is 12.0. The van der Waals surface area contributed by atoms with Gasteiger partial charge in [-0.25, -0.2) is 8.42 Å². The van der Waals surface area contributed by atoms with Crippen LogP contribution in [0.5, 0.6) is 0 Å². The summed E-state index contributed by atoms with van der Waals surface area (Å²) in [5, 5.41) is 3.27. The molecule has 5 heteroatoms. The third kappa shape index (κ3) is 7.70. The Kier molecular flexibility index (Phi) is 9.08. The van der Waals surface area contributed by atoms with E-state index in [1.807, 2.05) is 6.92 Å². The highest BCUT2D eigenvalue weighted by Gasteiger charge is 2.19. The molecule has 0 saturated heterocycles. The van der Waals surface area contributed by atoms with Crippen LogP contribution < -0.4 is 5.32 Å². The van der Waals surface area contributed by atoms with Crippen LogP contribution in [-0.2, 0) is 10.0 Å². The van der Waals surface area contributed by atoms with Crippen LogP contribution in [0.4, 0.5) is 0 Å². The van der Waals surface area contributed by atoms with Crippen molar-refractivity contribution in [3.8, 4) is 12.3 Å². The van der Waals surface area contributed by atoms with Gasteiger partial charge < -0.3 is 5.32 Å². The lowest BCUT2D eigenvalue weighted by molar-refractivity contribution is 0.443. The average molecular weight is 274 g/mol. The van der Waals surface area contributed by atoms with Crippen LogP contribution in [0.2, 0.25) is 0 Å². The van der Waals surface area contributed by atoms with Crippen LogP contribution in [-0.4, -0.2) is 44.2 Å². The Hall–Kier alpha value is -0.570. The van der Waals surface area contributed by atoms with Crippen LogP contribution in [0.3, 0.4) is 0 Å². The van der Waals surface area contributed by atoms with Crippen LogP contribution in [0.15, 0.2) is 0 Å². The average Bonchev–Trinajstić information content (AvgIpc) is 2.27. The molecule has 106 valence electrons. The third-order valence-electron chi connectivity index (χ3n) is 2.52. The molecule has 0 saturated carbocycles. The van der Waals surface area contributed by atoms with Gasteiger partial charge in [-0.3, -0.25) is 0 Å². The first-order chi connectivity index (χ1) is 8.44. The lowest BCUT2D eigenvalue weighted by atomic mass is 10.3. The van der Waals surface area contributed by atoms with E-state index in [1.165, 1.54) is 4.31 Å². The number of rotatable bonds is 10. The van der Waals surface area contributed by atoms with E-state index in [0.29, 0.717) is 19.0 Å². The van der Waals surface area contributed by atoms with Crippen molar-refractivity contribution in [2.45, 2.75) is 46.1 Å². The van der Waals surface area contributed by atoms with Gasteiger partial charge in [0.2, 0.25) is 10.0 Å². The predicted octanol–water partition coefficient (Wildman–Crippen LogP) is 1.44. The molecule has 0 aromatic rings. The minimum atomic E-state index is -3.18.